The lowest BCUT2D eigenvalue weighted by molar-refractivity contribution is 0.0698. The quantitative estimate of drug-likeness (QED) is 0.756. The van der Waals surface area contributed by atoms with Crippen LogP contribution < -0.4 is 11.1 Å². The summed E-state index contributed by atoms with van der Waals surface area (Å²) >= 11 is 0. The van der Waals surface area contributed by atoms with Crippen molar-refractivity contribution in [2.45, 2.75) is 13.8 Å². The molecule has 108 valence electrons. The highest BCUT2D eigenvalue weighted by Gasteiger charge is 2.15. The molecule has 0 bridgehead atoms. The average molecular weight is 284 g/mol. The molecule has 21 heavy (non-hydrogen) atoms. The highest BCUT2D eigenvalue weighted by atomic mass is 16.4. The molecule has 5 heteroatoms. The molecule has 0 heterocycles. The Morgan fingerprint density at radius 3 is 2.43 bits per heavy atom. The van der Waals surface area contributed by atoms with Gasteiger partial charge in [0, 0.05) is 11.3 Å². The molecule has 0 saturated carbocycles. The second kappa shape index (κ2) is 5.66. The molecule has 1 amide bonds. The molecule has 0 aliphatic carbocycles. The number of nitrogen functional groups attached to an aromatic ring is 1. The molecule has 2 aromatic carbocycles. The monoisotopic (exact) mass is 284 g/mol. The lowest BCUT2D eigenvalue weighted by atomic mass is 10.0. The molecule has 0 aromatic heterocycles. The van der Waals surface area contributed by atoms with Gasteiger partial charge in [0.2, 0.25) is 0 Å². The number of carboxylic acid groups (broad SMARTS) is 1. The van der Waals surface area contributed by atoms with Gasteiger partial charge in [0.05, 0.1) is 11.3 Å². The molecule has 0 spiro atoms. The van der Waals surface area contributed by atoms with E-state index in [4.69, 9.17) is 10.8 Å². The molecular weight excluding hydrogens is 268 g/mol. The van der Waals surface area contributed by atoms with Crippen molar-refractivity contribution in [1.82, 2.24) is 0 Å². The van der Waals surface area contributed by atoms with Gasteiger partial charge in [-0.1, -0.05) is 17.7 Å². The van der Waals surface area contributed by atoms with Crippen molar-refractivity contribution in [3.63, 3.8) is 0 Å². The third-order valence-electron chi connectivity index (χ3n) is 3.16. The zero-order valence-electron chi connectivity index (χ0n) is 11.8. The van der Waals surface area contributed by atoms with E-state index in [1.807, 2.05) is 26.0 Å². The van der Waals surface area contributed by atoms with Gasteiger partial charge in [0.25, 0.3) is 5.91 Å². The van der Waals surface area contributed by atoms with Crippen molar-refractivity contribution >= 4 is 23.3 Å². The Kier molecular flexibility index (Phi) is 3.93. The topological polar surface area (TPSA) is 92.4 Å². The van der Waals surface area contributed by atoms with Crippen LogP contribution in [0.25, 0.3) is 0 Å². The molecule has 0 aliphatic heterocycles. The first kappa shape index (κ1) is 14.6. The number of aryl methyl sites for hydroxylation is 2. The summed E-state index contributed by atoms with van der Waals surface area (Å²) in [5, 5.41) is 11.8. The number of anilines is 2. The Hall–Kier alpha value is -2.82. The number of hydrogen-bond acceptors (Lipinski definition) is 3. The fraction of sp³-hybridized carbons (Fsp3) is 0.125. The first-order valence-corrected chi connectivity index (χ1v) is 6.40. The summed E-state index contributed by atoms with van der Waals surface area (Å²) in [5.41, 5.74) is 8.51. The summed E-state index contributed by atoms with van der Waals surface area (Å²) in [5.74, 6) is -1.48. The van der Waals surface area contributed by atoms with E-state index in [9.17, 15) is 9.59 Å². The normalized spacial score (nSPS) is 10.2. The molecule has 0 unspecified atom stereocenters. The first-order chi connectivity index (χ1) is 9.88. The van der Waals surface area contributed by atoms with E-state index < -0.39 is 5.97 Å². The lowest BCUT2D eigenvalue weighted by Gasteiger charge is -2.11. The van der Waals surface area contributed by atoms with E-state index in [0.717, 1.165) is 11.1 Å². The predicted molar refractivity (Wildman–Crippen MR) is 81.7 cm³/mol. The van der Waals surface area contributed by atoms with E-state index >= 15 is 0 Å². The largest absolute Gasteiger partial charge is 0.478 e. The van der Waals surface area contributed by atoms with Crippen LogP contribution in [0, 0.1) is 13.8 Å². The van der Waals surface area contributed by atoms with Crippen molar-refractivity contribution in [3.05, 3.63) is 58.7 Å². The Morgan fingerprint density at radius 2 is 1.76 bits per heavy atom. The Bertz CT molecular complexity index is 723. The van der Waals surface area contributed by atoms with Crippen LogP contribution in [0.4, 0.5) is 11.4 Å². The lowest BCUT2D eigenvalue weighted by Crippen LogP contribution is -2.16. The number of hydrogen-bond donors (Lipinski definition) is 3. The zero-order chi connectivity index (χ0) is 15.6. The van der Waals surface area contributed by atoms with Crippen LogP contribution in [0.1, 0.15) is 31.8 Å². The minimum atomic E-state index is -1.12. The number of aromatic carboxylic acids is 1. The van der Waals surface area contributed by atoms with Gasteiger partial charge in [-0.15, -0.1) is 0 Å². The number of nitrogens with two attached hydrogens (primary N) is 1. The van der Waals surface area contributed by atoms with Crippen molar-refractivity contribution in [3.8, 4) is 0 Å². The number of carbonyl (C=O) groups is 2. The van der Waals surface area contributed by atoms with E-state index in [1.54, 1.807) is 6.07 Å². The minimum Gasteiger partial charge on any atom is -0.478 e. The summed E-state index contributed by atoms with van der Waals surface area (Å²) < 4.78 is 0. The highest BCUT2D eigenvalue weighted by molar-refractivity contribution is 6.08. The fourth-order valence-corrected chi connectivity index (χ4v) is 2.02. The number of carbonyl (C=O) groups excluding carboxylic acids is 1. The molecule has 4 N–H and O–H groups in total. The van der Waals surface area contributed by atoms with E-state index in [2.05, 4.69) is 5.32 Å². The van der Waals surface area contributed by atoms with Gasteiger partial charge in [-0.25, -0.2) is 4.79 Å². The van der Waals surface area contributed by atoms with Gasteiger partial charge in [0.15, 0.2) is 0 Å². The summed E-state index contributed by atoms with van der Waals surface area (Å²) in [7, 11) is 0. The number of rotatable bonds is 3. The average Bonchev–Trinajstić information content (AvgIpc) is 2.41. The van der Waals surface area contributed by atoms with Gasteiger partial charge in [0.1, 0.15) is 0 Å². The van der Waals surface area contributed by atoms with Gasteiger partial charge in [-0.3, -0.25) is 4.79 Å². The Morgan fingerprint density at radius 1 is 1.05 bits per heavy atom. The number of nitrogens with one attached hydrogen (secondary N) is 1. The second-order valence-electron chi connectivity index (χ2n) is 4.88. The Balaban J connectivity index is 2.38. The maximum Gasteiger partial charge on any atom is 0.337 e. The first-order valence-electron chi connectivity index (χ1n) is 6.40. The van der Waals surface area contributed by atoms with Crippen LogP contribution in [-0.4, -0.2) is 17.0 Å². The number of carboxylic acids is 1. The summed E-state index contributed by atoms with van der Waals surface area (Å²) in [6.45, 7) is 3.71. The third kappa shape index (κ3) is 3.20. The van der Waals surface area contributed by atoms with Crippen LogP contribution in [0.3, 0.4) is 0 Å². The zero-order valence-corrected chi connectivity index (χ0v) is 11.8. The highest BCUT2D eigenvalue weighted by Crippen LogP contribution is 2.21. The van der Waals surface area contributed by atoms with Crippen LogP contribution in [0.15, 0.2) is 36.4 Å². The van der Waals surface area contributed by atoms with Crippen LogP contribution >= 0.6 is 0 Å². The standard InChI is InChI=1S/C16H16N2O3/c1-9-3-4-10(2)13(7-9)15(19)18-14-8-11(17)5-6-12(14)16(20)21/h3-8H,17H2,1-2H3,(H,18,19)(H,20,21). The van der Waals surface area contributed by atoms with Gasteiger partial charge >= 0.3 is 5.97 Å². The molecule has 2 rings (SSSR count). The smallest absolute Gasteiger partial charge is 0.337 e. The van der Waals surface area contributed by atoms with Gasteiger partial charge < -0.3 is 16.2 Å². The predicted octanol–water partition coefficient (Wildman–Crippen LogP) is 2.84. The van der Waals surface area contributed by atoms with Crippen molar-refractivity contribution in [2.24, 2.45) is 0 Å². The Labute approximate surface area is 122 Å². The molecule has 0 saturated heterocycles. The van der Waals surface area contributed by atoms with Crippen LogP contribution in [0.2, 0.25) is 0 Å². The maximum atomic E-state index is 12.3. The minimum absolute atomic E-state index is 0.00264. The van der Waals surface area contributed by atoms with E-state index in [-0.39, 0.29) is 17.2 Å². The van der Waals surface area contributed by atoms with Crippen molar-refractivity contribution < 1.29 is 14.7 Å². The molecule has 0 aliphatic rings. The molecule has 0 fully saturated rings. The molecular formula is C16H16N2O3. The molecule has 0 radical (unpaired) electrons. The molecule has 0 atom stereocenters. The summed E-state index contributed by atoms with van der Waals surface area (Å²) in [4.78, 5) is 23.5. The molecule has 5 nitrogen and oxygen atoms in total. The van der Waals surface area contributed by atoms with Gasteiger partial charge in [-0.05, 0) is 43.7 Å². The van der Waals surface area contributed by atoms with Crippen LogP contribution in [0.5, 0.6) is 0 Å². The van der Waals surface area contributed by atoms with Crippen molar-refractivity contribution in [2.75, 3.05) is 11.1 Å². The summed E-state index contributed by atoms with van der Waals surface area (Å²) in [6, 6.07) is 9.81. The summed E-state index contributed by atoms with van der Waals surface area (Å²) in [6.07, 6.45) is 0. The van der Waals surface area contributed by atoms with Crippen molar-refractivity contribution in [1.29, 1.82) is 0 Å². The van der Waals surface area contributed by atoms with E-state index in [0.29, 0.717) is 11.3 Å². The number of amides is 1. The van der Waals surface area contributed by atoms with E-state index in [1.165, 1.54) is 18.2 Å². The molecule has 2 aromatic rings. The maximum absolute atomic E-state index is 12.3. The number of benzene rings is 2. The van der Waals surface area contributed by atoms with Crippen LogP contribution in [-0.2, 0) is 0 Å². The van der Waals surface area contributed by atoms with Gasteiger partial charge in [-0.2, -0.15) is 0 Å². The SMILES string of the molecule is Cc1ccc(C)c(C(=O)Nc2cc(N)ccc2C(=O)O)c1. The third-order valence-corrected chi connectivity index (χ3v) is 3.16. The fourth-order valence-electron chi connectivity index (χ4n) is 2.02. The second-order valence-corrected chi connectivity index (χ2v) is 4.88.